The van der Waals surface area contributed by atoms with Gasteiger partial charge >= 0.3 is 5.97 Å². The van der Waals surface area contributed by atoms with Crippen LogP contribution >= 0.6 is 11.6 Å². The van der Waals surface area contributed by atoms with E-state index in [0.717, 1.165) is 5.69 Å². The number of nitrogens with zero attached hydrogens (tertiary/aromatic N) is 2. The number of esters is 1. The summed E-state index contributed by atoms with van der Waals surface area (Å²) in [5, 5.41) is 7.52. The summed E-state index contributed by atoms with van der Waals surface area (Å²) < 4.78 is 12.0. The number of ether oxygens (including phenoxy) is 2. The zero-order valence-electron chi connectivity index (χ0n) is 14.5. The van der Waals surface area contributed by atoms with E-state index < -0.39 is 18.0 Å². The fourth-order valence-corrected chi connectivity index (χ4v) is 2.26. The van der Waals surface area contributed by atoms with Crippen molar-refractivity contribution < 1.29 is 19.1 Å². The number of carbonyl (C=O) groups excluding carboxylic acids is 2. The van der Waals surface area contributed by atoms with Gasteiger partial charge in [-0.25, -0.2) is 4.79 Å². The fourth-order valence-electron chi connectivity index (χ4n) is 2.14. The van der Waals surface area contributed by atoms with Crippen molar-refractivity contribution in [3.8, 4) is 5.75 Å². The highest BCUT2D eigenvalue weighted by atomic mass is 35.5. The number of carbonyl (C=O) groups is 2. The highest BCUT2D eigenvalue weighted by molar-refractivity contribution is 6.30. The summed E-state index contributed by atoms with van der Waals surface area (Å²) in [6.07, 6.45) is -0.958. The average Bonchev–Trinajstić information content (AvgIpc) is 2.80. The Morgan fingerprint density at radius 1 is 1.28 bits per heavy atom. The summed E-state index contributed by atoms with van der Waals surface area (Å²) in [4.78, 5) is 24.0. The topological polar surface area (TPSA) is 82.5 Å². The summed E-state index contributed by atoms with van der Waals surface area (Å²) in [7, 11) is 1.79. The number of anilines is 1. The maximum atomic E-state index is 12.2. The minimum Gasteiger partial charge on any atom is -0.482 e. The highest BCUT2D eigenvalue weighted by Gasteiger charge is 2.21. The van der Waals surface area contributed by atoms with Crippen LogP contribution in [0.5, 0.6) is 5.75 Å². The molecule has 1 amide bonds. The van der Waals surface area contributed by atoms with Gasteiger partial charge < -0.3 is 14.8 Å². The monoisotopic (exact) mass is 365 g/mol. The first kappa shape index (κ1) is 18.8. The average molecular weight is 366 g/mol. The molecule has 0 spiro atoms. The van der Waals surface area contributed by atoms with Crippen molar-refractivity contribution in [2.75, 3.05) is 11.9 Å². The molecule has 0 saturated heterocycles. The molecular weight excluding hydrogens is 346 g/mol. The maximum Gasteiger partial charge on any atom is 0.344 e. The molecule has 0 radical (unpaired) electrons. The minimum absolute atomic E-state index is 0.301. The van der Waals surface area contributed by atoms with Crippen LogP contribution < -0.4 is 10.1 Å². The number of rotatable bonds is 6. The van der Waals surface area contributed by atoms with Gasteiger partial charge in [0.2, 0.25) is 0 Å². The lowest BCUT2D eigenvalue weighted by Crippen LogP contribution is -2.32. The Bertz CT molecular complexity index is 771. The molecule has 2 aromatic rings. The van der Waals surface area contributed by atoms with Crippen molar-refractivity contribution in [2.45, 2.75) is 26.9 Å². The molecule has 1 atom stereocenters. The second-order valence-electron chi connectivity index (χ2n) is 5.53. The van der Waals surface area contributed by atoms with E-state index in [-0.39, 0.29) is 6.61 Å². The van der Waals surface area contributed by atoms with Gasteiger partial charge in [0.25, 0.3) is 5.91 Å². The molecule has 0 saturated carbocycles. The molecule has 134 valence electrons. The van der Waals surface area contributed by atoms with E-state index in [1.165, 1.54) is 6.92 Å². The van der Waals surface area contributed by atoms with E-state index in [0.29, 0.717) is 22.2 Å². The maximum absolute atomic E-state index is 12.2. The summed E-state index contributed by atoms with van der Waals surface area (Å²) in [5.74, 6) is -0.587. The van der Waals surface area contributed by atoms with Gasteiger partial charge in [-0.2, -0.15) is 5.10 Å². The lowest BCUT2D eigenvalue weighted by atomic mass is 10.3. The van der Waals surface area contributed by atoms with Gasteiger partial charge in [-0.1, -0.05) is 11.6 Å². The predicted octanol–water partition coefficient (Wildman–Crippen LogP) is 2.64. The van der Waals surface area contributed by atoms with Crippen LogP contribution in [0.3, 0.4) is 0 Å². The molecular formula is C17H20ClN3O4. The SMILES string of the molecule is Cc1nn(C)c(C)c1NC(=O)[C@H](C)OC(=O)COc1ccc(Cl)cc1. The largest absolute Gasteiger partial charge is 0.482 e. The molecule has 0 aliphatic heterocycles. The van der Waals surface area contributed by atoms with Crippen molar-refractivity contribution in [1.82, 2.24) is 9.78 Å². The normalized spacial score (nSPS) is 11.7. The zero-order chi connectivity index (χ0) is 18.6. The third kappa shape index (κ3) is 4.96. The number of nitrogens with one attached hydrogen (secondary N) is 1. The predicted molar refractivity (Wildman–Crippen MR) is 93.8 cm³/mol. The first-order chi connectivity index (χ1) is 11.8. The Hall–Kier alpha value is -2.54. The second-order valence-corrected chi connectivity index (χ2v) is 5.97. The molecule has 1 N–H and O–H groups in total. The molecule has 8 heteroatoms. The van der Waals surface area contributed by atoms with Gasteiger partial charge in [0, 0.05) is 12.1 Å². The van der Waals surface area contributed by atoms with E-state index in [4.69, 9.17) is 21.1 Å². The molecule has 1 aromatic carbocycles. The van der Waals surface area contributed by atoms with Crippen molar-refractivity contribution in [1.29, 1.82) is 0 Å². The molecule has 2 rings (SSSR count). The number of hydrogen-bond acceptors (Lipinski definition) is 5. The molecule has 0 aliphatic rings. The van der Waals surface area contributed by atoms with Crippen LogP contribution in [0, 0.1) is 13.8 Å². The summed E-state index contributed by atoms with van der Waals surface area (Å²) in [5.41, 5.74) is 2.13. The molecule has 0 aliphatic carbocycles. The van der Waals surface area contributed by atoms with Gasteiger partial charge in [-0.15, -0.1) is 0 Å². The van der Waals surface area contributed by atoms with Crippen molar-refractivity contribution in [2.24, 2.45) is 7.05 Å². The van der Waals surface area contributed by atoms with Crippen molar-refractivity contribution in [3.05, 3.63) is 40.7 Å². The fraction of sp³-hybridized carbons (Fsp3) is 0.353. The van der Waals surface area contributed by atoms with E-state index in [2.05, 4.69) is 10.4 Å². The molecule has 0 bridgehead atoms. The van der Waals surface area contributed by atoms with Crippen LogP contribution in [-0.4, -0.2) is 34.4 Å². The lowest BCUT2D eigenvalue weighted by Gasteiger charge is -2.14. The molecule has 0 unspecified atom stereocenters. The van der Waals surface area contributed by atoms with Crippen LogP contribution in [-0.2, 0) is 21.4 Å². The Morgan fingerprint density at radius 2 is 1.92 bits per heavy atom. The van der Waals surface area contributed by atoms with E-state index in [1.807, 2.05) is 6.92 Å². The highest BCUT2D eigenvalue weighted by Crippen LogP contribution is 2.19. The van der Waals surface area contributed by atoms with Crippen LogP contribution in [0.15, 0.2) is 24.3 Å². The van der Waals surface area contributed by atoms with E-state index >= 15 is 0 Å². The summed E-state index contributed by atoms with van der Waals surface area (Å²) >= 11 is 5.77. The number of halogens is 1. The first-order valence-corrected chi connectivity index (χ1v) is 8.04. The molecule has 25 heavy (non-hydrogen) atoms. The number of hydrogen-bond donors (Lipinski definition) is 1. The van der Waals surface area contributed by atoms with Crippen molar-refractivity contribution in [3.63, 3.8) is 0 Å². The Labute approximate surface area is 150 Å². The quantitative estimate of drug-likeness (QED) is 0.796. The van der Waals surface area contributed by atoms with E-state index in [9.17, 15) is 9.59 Å². The number of aromatic nitrogens is 2. The number of benzene rings is 1. The summed E-state index contributed by atoms with van der Waals surface area (Å²) in [6.45, 7) is 4.83. The molecule has 1 heterocycles. The van der Waals surface area contributed by atoms with Gasteiger partial charge in [-0.05, 0) is 45.0 Å². The number of amides is 1. The second kappa shape index (κ2) is 8.02. The Morgan fingerprint density at radius 3 is 2.48 bits per heavy atom. The van der Waals surface area contributed by atoms with Crippen LogP contribution in [0.1, 0.15) is 18.3 Å². The van der Waals surface area contributed by atoms with Gasteiger partial charge in [-0.3, -0.25) is 9.48 Å². The van der Waals surface area contributed by atoms with Gasteiger partial charge in [0.05, 0.1) is 17.1 Å². The van der Waals surface area contributed by atoms with E-state index in [1.54, 1.807) is 42.9 Å². The Balaban J connectivity index is 1.85. The smallest absolute Gasteiger partial charge is 0.344 e. The third-order valence-corrected chi connectivity index (χ3v) is 3.86. The van der Waals surface area contributed by atoms with Crippen LogP contribution in [0.25, 0.3) is 0 Å². The first-order valence-electron chi connectivity index (χ1n) is 7.67. The zero-order valence-corrected chi connectivity index (χ0v) is 15.3. The Kier molecular flexibility index (Phi) is 6.03. The molecule has 7 nitrogen and oxygen atoms in total. The minimum atomic E-state index is -0.958. The standard InChI is InChI=1S/C17H20ClN3O4/c1-10-16(11(2)21(4)20-10)19-17(23)12(3)25-15(22)9-24-14-7-5-13(18)6-8-14/h5-8,12H,9H2,1-4H3,(H,19,23)/t12-/m0/s1. The van der Waals surface area contributed by atoms with Crippen LogP contribution in [0.4, 0.5) is 5.69 Å². The van der Waals surface area contributed by atoms with Gasteiger partial charge in [0.1, 0.15) is 5.75 Å². The lowest BCUT2D eigenvalue weighted by molar-refractivity contribution is -0.155. The summed E-state index contributed by atoms with van der Waals surface area (Å²) in [6, 6.07) is 6.58. The van der Waals surface area contributed by atoms with Gasteiger partial charge in [0.15, 0.2) is 12.7 Å². The van der Waals surface area contributed by atoms with Crippen LogP contribution in [0.2, 0.25) is 5.02 Å². The van der Waals surface area contributed by atoms with Crippen molar-refractivity contribution >= 4 is 29.2 Å². The molecule has 1 aromatic heterocycles. The third-order valence-electron chi connectivity index (χ3n) is 3.60. The molecule has 0 fully saturated rings. The number of aryl methyl sites for hydroxylation is 2.